The van der Waals surface area contributed by atoms with Crippen molar-refractivity contribution in [2.24, 2.45) is 5.92 Å². The van der Waals surface area contributed by atoms with Crippen LogP contribution in [0, 0.1) is 12.8 Å². The third-order valence-corrected chi connectivity index (χ3v) is 7.60. The molecule has 0 spiro atoms. The number of nitrogen functional groups attached to an aromatic ring is 1. The van der Waals surface area contributed by atoms with Gasteiger partial charge in [-0.15, -0.1) is 12.4 Å². The summed E-state index contributed by atoms with van der Waals surface area (Å²) in [5, 5.41) is 5.28. The molecule has 1 aliphatic rings. The van der Waals surface area contributed by atoms with Gasteiger partial charge in [-0.3, -0.25) is 0 Å². The largest absolute Gasteiger partial charge is 0.445 e. The third-order valence-electron chi connectivity index (χ3n) is 7.60. The van der Waals surface area contributed by atoms with Crippen LogP contribution in [0.1, 0.15) is 24.5 Å². The molecule has 3 aromatic carbocycles. The zero-order valence-electron chi connectivity index (χ0n) is 24.6. The molecule has 3 N–H and O–H groups in total. The smallest absolute Gasteiger partial charge is 0.410 e. The van der Waals surface area contributed by atoms with E-state index in [1.807, 2.05) is 85.8 Å². The molecule has 1 saturated heterocycles. The van der Waals surface area contributed by atoms with Gasteiger partial charge < -0.3 is 25.4 Å². The standard InChI is InChI=1S/C34H34N6O3.ClH/c1-22-18-25(20-40(19-22)34(41)42-21-24-8-4-3-5-9-24)38-33-37-17-15-30(39-33)28-11-7-16-36-32(28)43-31-23(2)13-14-26-27(31)10-6-12-29(26)35;/h3-17,22,25H,18-21,35H2,1-2H3,(H,37,38,39);1H/t22-,25+;/m1./s1. The van der Waals surface area contributed by atoms with Gasteiger partial charge in [-0.2, -0.15) is 0 Å². The molecular weight excluding hydrogens is 576 g/mol. The van der Waals surface area contributed by atoms with Crippen molar-refractivity contribution >= 4 is 40.9 Å². The Hall–Kier alpha value is -4.89. The molecule has 6 rings (SSSR count). The monoisotopic (exact) mass is 610 g/mol. The van der Waals surface area contributed by atoms with Crippen molar-refractivity contribution in [1.82, 2.24) is 19.9 Å². The Balaban J connectivity index is 0.00000384. The van der Waals surface area contributed by atoms with Crippen molar-refractivity contribution in [2.75, 3.05) is 24.1 Å². The number of hydrogen-bond donors (Lipinski definition) is 2. The van der Waals surface area contributed by atoms with Crippen molar-refractivity contribution in [3.63, 3.8) is 0 Å². The number of carbonyl (C=O) groups excluding carboxylic acids is 1. The molecule has 44 heavy (non-hydrogen) atoms. The number of amides is 1. The number of anilines is 2. The topological polar surface area (TPSA) is 115 Å². The van der Waals surface area contributed by atoms with Crippen molar-refractivity contribution in [3.8, 4) is 22.9 Å². The number of nitrogens with two attached hydrogens (primary N) is 1. The van der Waals surface area contributed by atoms with Crippen LogP contribution in [0.15, 0.2) is 91.3 Å². The average molecular weight is 611 g/mol. The number of hydrogen-bond acceptors (Lipinski definition) is 8. The first-order valence-corrected chi connectivity index (χ1v) is 14.4. The van der Waals surface area contributed by atoms with E-state index in [-0.39, 0.29) is 37.1 Å². The maximum Gasteiger partial charge on any atom is 0.410 e. The Morgan fingerprint density at radius 1 is 0.955 bits per heavy atom. The summed E-state index contributed by atoms with van der Waals surface area (Å²) < 4.78 is 12.1. The first-order chi connectivity index (χ1) is 20.9. The Kier molecular flexibility index (Phi) is 9.45. The fourth-order valence-electron chi connectivity index (χ4n) is 5.54. The van der Waals surface area contributed by atoms with Crippen LogP contribution in [0.4, 0.5) is 16.4 Å². The summed E-state index contributed by atoms with van der Waals surface area (Å²) in [6.45, 7) is 5.51. The number of benzene rings is 3. The van der Waals surface area contributed by atoms with Crippen molar-refractivity contribution in [3.05, 3.63) is 102 Å². The van der Waals surface area contributed by atoms with Gasteiger partial charge in [0.25, 0.3) is 0 Å². The molecule has 1 fully saturated rings. The van der Waals surface area contributed by atoms with E-state index in [1.54, 1.807) is 17.3 Å². The molecule has 9 nitrogen and oxygen atoms in total. The summed E-state index contributed by atoms with van der Waals surface area (Å²) in [4.78, 5) is 28.5. The minimum Gasteiger partial charge on any atom is -0.445 e. The van der Waals surface area contributed by atoms with Gasteiger partial charge in [-0.05, 0) is 54.7 Å². The molecule has 0 unspecified atom stereocenters. The zero-order chi connectivity index (χ0) is 29.8. The highest BCUT2D eigenvalue weighted by Crippen LogP contribution is 2.38. The van der Waals surface area contributed by atoms with E-state index in [0.717, 1.165) is 33.9 Å². The van der Waals surface area contributed by atoms with Gasteiger partial charge in [0, 0.05) is 48.0 Å². The normalized spacial score (nSPS) is 16.2. The molecule has 1 amide bonds. The van der Waals surface area contributed by atoms with Crippen LogP contribution in [0.3, 0.4) is 0 Å². The number of carbonyl (C=O) groups is 1. The summed E-state index contributed by atoms with van der Waals surface area (Å²) in [6, 6.07) is 25.1. The quantitative estimate of drug-likeness (QED) is 0.185. The number of aromatic nitrogens is 3. The fraction of sp³-hybridized carbons (Fsp3) is 0.235. The summed E-state index contributed by atoms with van der Waals surface area (Å²) in [5.41, 5.74) is 10.3. The van der Waals surface area contributed by atoms with Crippen LogP contribution in [-0.4, -0.2) is 45.1 Å². The van der Waals surface area contributed by atoms with Crippen LogP contribution in [0.25, 0.3) is 22.0 Å². The number of likely N-dealkylation sites (tertiary alicyclic amines) is 1. The third kappa shape index (κ3) is 6.84. The Morgan fingerprint density at radius 3 is 2.64 bits per heavy atom. The molecular formula is C34H35ClN6O3. The molecule has 10 heteroatoms. The Bertz CT molecular complexity index is 1750. The second kappa shape index (κ2) is 13.6. The molecule has 3 heterocycles. The lowest BCUT2D eigenvalue weighted by Gasteiger charge is -2.36. The first kappa shape index (κ1) is 30.6. The molecule has 0 aliphatic carbocycles. The molecule has 0 bridgehead atoms. The number of fused-ring (bicyclic) bond motifs is 1. The van der Waals surface area contributed by atoms with Gasteiger partial charge in [0.1, 0.15) is 12.4 Å². The van der Waals surface area contributed by atoms with Gasteiger partial charge in [0.05, 0.1) is 11.3 Å². The van der Waals surface area contributed by atoms with Crippen molar-refractivity contribution in [1.29, 1.82) is 0 Å². The number of rotatable bonds is 7. The highest BCUT2D eigenvalue weighted by molar-refractivity contribution is 5.97. The van der Waals surface area contributed by atoms with Gasteiger partial charge in [-0.25, -0.2) is 19.7 Å². The lowest BCUT2D eigenvalue weighted by atomic mass is 9.96. The van der Waals surface area contributed by atoms with Crippen LogP contribution >= 0.6 is 12.4 Å². The van der Waals surface area contributed by atoms with Gasteiger partial charge in [0.15, 0.2) is 0 Å². The SMILES string of the molecule is Cc1ccc2c(N)cccc2c1Oc1ncccc1-c1ccnc(N[C@H]2C[C@@H](C)CN(C(=O)OCc3ccccc3)C2)n1.Cl. The minimum absolute atomic E-state index is 0. The van der Waals surface area contributed by atoms with Crippen LogP contribution in [0.5, 0.6) is 11.6 Å². The second-order valence-electron chi connectivity index (χ2n) is 11.0. The first-order valence-electron chi connectivity index (χ1n) is 14.4. The molecule has 2 aromatic heterocycles. The van der Waals surface area contributed by atoms with Gasteiger partial charge in [-0.1, -0.05) is 61.5 Å². The number of aryl methyl sites for hydroxylation is 1. The molecule has 226 valence electrons. The maximum absolute atomic E-state index is 12.9. The second-order valence-corrected chi connectivity index (χ2v) is 11.0. The van der Waals surface area contributed by atoms with E-state index in [4.69, 9.17) is 20.2 Å². The lowest BCUT2D eigenvalue weighted by molar-refractivity contribution is 0.0783. The van der Waals surface area contributed by atoms with Gasteiger partial charge in [0.2, 0.25) is 11.8 Å². The predicted molar refractivity (Wildman–Crippen MR) is 175 cm³/mol. The number of halogens is 1. The Labute approximate surface area is 262 Å². The molecule has 0 radical (unpaired) electrons. The summed E-state index contributed by atoms with van der Waals surface area (Å²) in [7, 11) is 0. The minimum atomic E-state index is -0.320. The maximum atomic E-state index is 12.9. The summed E-state index contributed by atoms with van der Waals surface area (Å²) in [6.07, 6.45) is 3.96. The molecule has 0 saturated carbocycles. The van der Waals surface area contributed by atoms with Gasteiger partial charge >= 0.3 is 6.09 Å². The summed E-state index contributed by atoms with van der Waals surface area (Å²) in [5.74, 6) is 1.89. The fourth-order valence-corrected chi connectivity index (χ4v) is 5.54. The van der Waals surface area contributed by atoms with Crippen LogP contribution in [0.2, 0.25) is 0 Å². The average Bonchev–Trinajstić information content (AvgIpc) is 3.02. The van der Waals surface area contributed by atoms with E-state index < -0.39 is 0 Å². The predicted octanol–water partition coefficient (Wildman–Crippen LogP) is 7.26. The zero-order valence-corrected chi connectivity index (χ0v) is 25.5. The Morgan fingerprint density at radius 2 is 1.80 bits per heavy atom. The molecule has 1 aliphatic heterocycles. The highest BCUT2D eigenvalue weighted by Gasteiger charge is 2.29. The van der Waals surface area contributed by atoms with E-state index in [9.17, 15) is 4.79 Å². The number of piperidine rings is 1. The van der Waals surface area contributed by atoms with Crippen LogP contribution < -0.4 is 15.8 Å². The highest BCUT2D eigenvalue weighted by atomic mass is 35.5. The van der Waals surface area contributed by atoms with Crippen LogP contribution in [-0.2, 0) is 11.3 Å². The summed E-state index contributed by atoms with van der Waals surface area (Å²) >= 11 is 0. The number of ether oxygens (including phenoxy) is 2. The van der Waals surface area contributed by atoms with Crippen molar-refractivity contribution in [2.45, 2.75) is 32.9 Å². The van der Waals surface area contributed by atoms with Crippen molar-refractivity contribution < 1.29 is 14.3 Å². The number of pyridine rings is 1. The number of nitrogens with one attached hydrogen (secondary N) is 1. The van der Waals surface area contributed by atoms with E-state index in [1.165, 1.54) is 0 Å². The molecule has 5 aromatic rings. The van der Waals surface area contributed by atoms with E-state index in [2.05, 4.69) is 22.2 Å². The lowest BCUT2D eigenvalue weighted by Crippen LogP contribution is -2.48. The van der Waals surface area contributed by atoms with E-state index in [0.29, 0.717) is 42.0 Å². The molecule has 2 atom stereocenters. The number of nitrogens with zero attached hydrogens (tertiary/aromatic N) is 4. The van der Waals surface area contributed by atoms with E-state index >= 15 is 0 Å².